The van der Waals surface area contributed by atoms with Crippen molar-refractivity contribution in [1.29, 1.82) is 0 Å². The summed E-state index contributed by atoms with van der Waals surface area (Å²) in [5.41, 5.74) is 0.891. The lowest BCUT2D eigenvalue weighted by Gasteiger charge is -2.12. The third-order valence-electron chi connectivity index (χ3n) is 2.80. The summed E-state index contributed by atoms with van der Waals surface area (Å²) in [6, 6.07) is 9.16. The Balaban J connectivity index is 1.95. The van der Waals surface area contributed by atoms with E-state index in [1.807, 2.05) is 30.3 Å². The molecule has 0 saturated heterocycles. The van der Waals surface area contributed by atoms with E-state index >= 15 is 0 Å². The van der Waals surface area contributed by atoms with Crippen molar-refractivity contribution in [3.63, 3.8) is 0 Å². The highest BCUT2D eigenvalue weighted by molar-refractivity contribution is 8.48. The van der Waals surface area contributed by atoms with E-state index in [1.165, 1.54) is 0 Å². The molecule has 0 aliphatic carbocycles. The molecule has 2 rings (SSSR count). The van der Waals surface area contributed by atoms with E-state index in [9.17, 15) is 22.0 Å². The SMILES string of the molecule is Fc1c(F)c(F)c(SPOC[C@H](S)c2ccccc2)c(F)c1F. The number of hydrogen-bond acceptors (Lipinski definition) is 3. The van der Waals surface area contributed by atoms with Crippen LogP contribution in [0, 0.1) is 29.1 Å². The van der Waals surface area contributed by atoms with E-state index in [1.54, 1.807) is 0 Å². The zero-order chi connectivity index (χ0) is 17.0. The molecule has 2 aromatic rings. The summed E-state index contributed by atoms with van der Waals surface area (Å²) in [5, 5.41) is -0.263. The van der Waals surface area contributed by atoms with E-state index in [-0.39, 0.29) is 11.9 Å². The van der Waals surface area contributed by atoms with Gasteiger partial charge in [-0.05, 0) is 5.56 Å². The molecule has 0 spiro atoms. The van der Waals surface area contributed by atoms with Crippen LogP contribution in [0.2, 0.25) is 0 Å². The van der Waals surface area contributed by atoms with Crippen LogP contribution in [0.4, 0.5) is 22.0 Å². The molecule has 0 saturated carbocycles. The Bertz CT molecular complexity index is 658. The number of hydrogen-bond donors (Lipinski definition) is 1. The lowest BCUT2D eigenvalue weighted by molar-refractivity contribution is 0.360. The van der Waals surface area contributed by atoms with Crippen LogP contribution >= 0.6 is 32.0 Å². The molecule has 1 nitrogen and oxygen atoms in total. The molecule has 0 bridgehead atoms. The zero-order valence-electron chi connectivity index (χ0n) is 11.3. The zero-order valence-corrected chi connectivity index (χ0v) is 14.0. The second-order valence-corrected chi connectivity index (χ2v) is 7.13. The Hall–Kier alpha value is -0.820. The first-order valence-electron chi connectivity index (χ1n) is 6.21. The molecule has 0 aromatic heterocycles. The van der Waals surface area contributed by atoms with E-state index < -0.39 is 42.0 Å². The van der Waals surface area contributed by atoms with Crippen molar-refractivity contribution < 1.29 is 26.5 Å². The van der Waals surface area contributed by atoms with Crippen LogP contribution in [0.25, 0.3) is 0 Å². The van der Waals surface area contributed by atoms with Gasteiger partial charge in [-0.15, -0.1) is 0 Å². The van der Waals surface area contributed by atoms with Crippen molar-refractivity contribution in [3.8, 4) is 0 Å². The van der Waals surface area contributed by atoms with Crippen LogP contribution in [0.5, 0.6) is 0 Å². The van der Waals surface area contributed by atoms with Crippen molar-refractivity contribution in [3.05, 3.63) is 65.0 Å². The molecule has 0 heterocycles. The minimum absolute atomic E-state index is 0.133. The Morgan fingerprint density at radius 1 is 0.913 bits per heavy atom. The normalized spacial score (nSPS) is 13.0. The topological polar surface area (TPSA) is 9.23 Å². The fraction of sp³-hybridized carbons (Fsp3) is 0.143. The molecule has 0 aliphatic heterocycles. The molecule has 1 unspecified atom stereocenters. The summed E-state index contributed by atoms with van der Waals surface area (Å²) in [4.78, 5) is -0.949. The highest BCUT2D eigenvalue weighted by Gasteiger charge is 2.26. The van der Waals surface area contributed by atoms with Crippen molar-refractivity contribution >= 4 is 32.0 Å². The highest BCUT2D eigenvalue weighted by atomic mass is 32.7. The van der Waals surface area contributed by atoms with Crippen LogP contribution in [0.1, 0.15) is 10.8 Å². The molecule has 2 aromatic carbocycles. The molecule has 9 heteroatoms. The predicted molar refractivity (Wildman–Crippen MR) is 84.5 cm³/mol. The number of rotatable bonds is 6. The number of thiol groups is 1. The molecule has 0 fully saturated rings. The van der Waals surface area contributed by atoms with Crippen LogP contribution in [-0.4, -0.2) is 6.61 Å². The first kappa shape index (κ1) is 18.5. The maximum Gasteiger partial charge on any atom is 0.200 e. The van der Waals surface area contributed by atoms with E-state index in [0.717, 1.165) is 5.56 Å². The Labute approximate surface area is 140 Å². The summed E-state index contributed by atoms with van der Waals surface area (Å²) < 4.78 is 71.1. The molecule has 23 heavy (non-hydrogen) atoms. The second kappa shape index (κ2) is 8.33. The van der Waals surface area contributed by atoms with E-state index in [0.29, 0.717) is 11.4 Å². The Morgan fingerprint density at radius 2 is 1.43 bits per heavy atom. The maximum absolute atomic E-state index is 13.4. The summed E-state index contributed by atoms with van der Waals surface area (Å²) in [5.74, 6) is -9.81. The van der Waals surface area contributed by atoms with Gasteiger partial charge in [-0.25, -0.2) is 22.0 Å². The fourth-order valence-corrected chi connectivity index (χ4v) is 3.92. The minimum Gasteiger partial charge on any atom is -0.350 e. The van der Waals surface area contributed by atoms with Crippen LogP contribution < -0.4 is 0 Å². The maximum atomic E-state index is 13.4. The molecule has 0 amide bonds. The number of benzene rings is 2. The summed E-state index contributed by atoms with van der Waals surface area (Å²) in [6.45, 7) is 0.133. The number of halogens is 5. The third kappa shape index (κ3) is 4.38. The van der Waals surface area contributed by atoms with Gasteiger partial charge < -0.3 is 4.52 Å². The lowest BCUT2D eigenvalue weighted by atomic mass is 10.2. The monoisotopic (exact) mass is 384 g/mol. The van der Waals surface area contributed by atoms with Gasteiger partial charge in [0.15, 0.2) is 23.3 Å². The minimum atomic E-state index is -2.17. The molecular formula is C14H10F5OPS2. The largest absolute Gasteiger partial charge is 0.350 e. The van der Waals surface area contributed by atoms with Gasteiger partial charge >= 0.3 is 0 Å². The first-order chi connectivity index (χ1) is 10.9. The second-order valence-electron chi connectivity index (χ2n) is 4.32. The highest BCUT2D eigenvalue weighted by Crippen LogP contribution is 2.43. The molecular weight excluding hydrogens is 374 g/mol. The lowest BCUT2D eigenvalue weighted by Crippen LogP contribution is -2.02. The summed E-state index contributed by atoms with van der Waals surface area (Å²) >= 11 is 4.74. The van der Waals surface area contributed by atoms with Crippen LogP contribution in [0.15, 0.2) is 35.2 Å². The van der Waals surface area contributed by atoms with Gasteiger partial charge in [-0.1, -0.05) is 41.7 Å². The van der Waals surface area contributed by atoms with Crippen LogP contribution in [0.3, 0.4) is 0 Å². The van der Waals surface area contributed by atoms with Gasteiger partial charge in [-0.3, -0.25) is 0 Å². The Morgan fingerprint density at radius 3 is 2.00 bits per heavy atom. The fourth-order valence-electron chi connectivity index (χ4n) is 1.63. The molecule has 0 radical (unpaired) electrons. The van der Waals surface area contributed by atoms with Gasteiger partial charge in [0, 0.05) is 0 Å². The smallest absolute Gasteiger partial charge is 0.200 e. The Kier molecular flexibility index (Phi) is 6.71. The quantitative estimate of drug-likeness (QED) is 0.172. The third-order valence-corrected chi connectivity index (χ3v) is 5.39. The standard InChI is InChI=1S/C14H10F5OPS2/c15-9-10(16)12(18)14(13(19)11(9)17)23-21-20-6-8(22)7-4-2-1-3-5-7/h1-5,8,21-22H,6H2/t8-/m0/s1. The van der Waals surface area contributed by atoms with Gasteiger partial charge in [0.05, 0.1) is 24.8 Å². The van der Waals surface area contributed by atoms with Crippen molar-refractivity contribution in [2.75, 3.05) is 6.61 Å². The van der Waals surface area contributed by atoms with Gasteiger partial charge in [0.25, 0.3) is 0 Å². The average molecular weight is 384 g/mol. The molecule has 2 atom stereocenters. The predicted octanol–water partition coefficient (Wildman–Crippen LogP) is 5.67. The van der Waals surface area contributed by atoms with Crippen LogP contribution in [-0.2, 0) is 4.52 Å². The van der Waals surface area contributed by atoms with Gasteiger partial charge in [0.2, 0.25) is 5.82 Å². The van der Waals surface area contributed by atoms with Crippen molar-refractivity contribution in [2.45, 2.75) is 10.1 Å². The molecule has 0 aliphatic rings. The molecule has 124 valence electrons. The average Bonchev–Trinajstić information content (AvgIpc) is 2.58. The molecule has 0 N–H and O–H groups in total. The summed E-state index contributed by atoms with van der Waals surface area (Å²) in [7, 11) is -0.538. The summed E-state index contributed by atoms with van der Waals surface area (Å²) in [6.07, 6.45) is 0. The van der Waals surface area contributed by atoms with Gasteiger partial charge in [0.1, 0.15) is 0 Å². The van der Waals surface area contributed by atoms with E-state index in [4.69, 9.17) is 4.52 Å². The van der Waals surface area contributed by atoms with E-state index in [2.05, 4.69) is 12.6 Å². The van der Waals surface area contributed by atoms with Gasteiger partial charge in [-0.2, -0.15) is 12.6 Å². The van der Waals surface area contributed by atoms with Crippen molar-refractivity contribution in [1.82, 2.24) is 0 Å². The first-order valence-corrected chi connectivity index (χ1v) is 9.18. The van der Waals surface area contributed by atoms with Crippen molar-refractivity contribution in [2.24, 2.45) is 0 Å².